The van der Waals surface area contributed by atoms with Gasteiger partial charge in [-0.05, 0) is 29.7 Å². The van der Waals surface area contributed by atoms with Crippen LogP contribution < -0.4 is 4.74 Å². The summed E-state index contributed by atoms with van der Waals surface area (Å²) in [5.74, 6) is 1.43. The van der Waals surface area contributed by atoms with E-state index in [-0.39, 0.29) is 17.0 Å². The van der Waals surface area contributed by atoms with Crippen molar-refractivity contribution < 1.29 is 9.53 Å². The topological polar surface area (TPSA) is 32.8 Å². The molecule has 0 N–H and O–H groups in total. The van der Waals surface area contributed by atoms with Gasteiger partial charge in [-0.25, -0.2) is 0 Å². The van der Waals surface area contributed by atoms with Gasteiger partial charge in [0.25, 0.3) is 0 Å². The molecule has 2 aromatic carbocycles. The van der Waals surface area contributed by atoms with Crippen LogP contribution in [0.4, 0.5) is 0 Å². The summed E-state index contributed by atoms with van der Waals surface area (Å²) in [7, 11) is 0. The van der Waals surface area contributed by atoms with E-state index in [4.69, 9.17) is 4.74 Å². The molecule has 2 unspecified atom stereocenters. The van der Waals surface area contributed by atoms with Crippen LogP contribution in [0.2, 0.25) is 0 Å². The Balaban J connectivity index is 1.32. The number of benzene rings is 2. The number of hydrogen-bond acceptors (Lipinski definition) is 4. The van der Waals surface area contributed by atoms with Gasteiger partial charge in [-0.3, -0.25) is 14.6 Å². The van der Waals surface area contributed by atoms with Gasteiger partial charge < -0.3 is 4.74 Å². The second-order valence-corrected chi connectivity index (χ2v) is 9.80. The average Bonchev–Trinajstić information content (AvgIpc) is 2.75. The molecular formula is C26H32N2O2. The van der Waals surface area contributed by atoms with Crippen LogP contribution in [0.15, 0.2) is 54.6 Å². The second kappa shape index (κ2) is 7.51. The molecule has 30 heavy (non-hydrogen) atoms. The molecule has 4 fully saturated rings. The van der Waals surface area contributed by atoms with Crippen LogP contribution in [0.3, 0.4) is 0 Å². The number of nitrogens with zero attached hydrogens (tertiary/aromatic N) is 2. The van der Waals surface area contributed by atoms with E-state index in [0.29, 0.717) is 12.4 Å². The van der Waals surface area contributed by atoms with Crippen molar-refractivity contribution in [1.29, 1.82) is 0 Å². The molecule has 6 rings (SSSR count). The smallest absolute Gasteiger partial charge is 0.150 e. The standard InChI is InChI=1S/C26H32N2O2/c1-3-4-14-26-18-27-16-25(2,24(26)29)17-28(19-26)23(27)21-10-12-22(13-11-21)30-15-20-8-6-5-7-9-20/h5-13,23H,3-4,14-19H2,1-2H3. The lowest BCUT2D eigenvalue weighted by molar-refractivity contribution is -0.201. The maximum absolute atomic E-state index is 13.3. The maximum atomic E-state index is 13.3. The minimum atomic E-state index is -0.209. The fourth-order valence-corrected chi connectivity index (χ4v) is 6.08. The molecule has 2 atom stereocenters. The average molecular weight is 405 g/mol. The fourth-order valence-electron chi connectivity index (χ4n) is 6.08. The van der Waals surface area contributed by atoms with Crippen molar-refractivity contribution in [2.24, 2.45) is 10.8 Å². The third kappa shape index (κ3) is 3.27. The van der Waals surface area contributed by atoms with Crippen LogP contribution in [-0.2, 0) is 11.4 Å². The zero-order valence-corrected chi connectivity index (χ0v) is 18.1. The van der Waals surface area contributed by atoms with Gasteiger partial charge in [0.15, 0.2) is 0 Å². The minimum absolute atomic E-state index is 0.156. The fraction of sp³-hybridized carbons (Fsp3) is 0.500. The van der Waals surface area contributed by atoms with Gasteiger partial charge in [-0.2, -0.15) is 0 Å². The van der Waals surface area contributed by atoms with E-state index in [2.05, 4.69) is 60.0 Å². The van der Waals surface area contributed by atoms with Crippen LogP contribution >= 0.6 is 0 Å². The Labute approximate surface area is 179 Å². The maximum Gasteiger partial charge on any atom is 0.150 e. The highest BCUT2D eigenvalue weighted by Crippen LogP contribution is 2.53. The summed E-state index contributed by atoms with van der Waals surface area (Å²) in [6, 6.07) is 18.8. The normalized spacial score (nSPS) is 34.3. The molecule has 158 valence electrons. The number of piperidine rings is 2. The highest BCUT2D eigenvalue weighted by molar-refractivity contribution is 5.93. The lowest BCUT2D eigenvalue weighted by Crippen LogP contribution is -2.76. The Bertz CT molecular complexity index is 892. The predicted octanol–water partition coefficient (Wildman–Crippen LogP) is 4.66. The van der Waals surface area contributed by atoms with Crippen LogP contribution in [0.25, 0.3) is 0 Å². The Hall–Kier alpha value is -2.17. The highest BCUT2D eigenvalue weighted by Gasteiger charge is 2.63. The molecule has 4 aliphatic rings. The van der Waals surface area contributed by atoms with Crippen molar-refractivity contribution in [3.05, 3.63) is 65.7 Å². The third-order valence-electron chi connectivity index (χ3n) is 7.27. The van der Waals surface area contributed by atoms with Gasteiger partial charge in [0, 0.05) is 26.2 Å². The van der Waals surface area contributed by atoms with E-state index >= 15 is 0 Å². The number of ketones is 1. The molecule has 4 bridgehead atoms. The minimum Gasteiger partial charge on any atom is -0.489 e. The molecule has 4 saturated heterocycles. The van der Waals surface area contributed by atoms with E-state index in [1.165, 1.54) is 11.1 Å². The molecule has 0 saturated carbocycles. The number of hydrogen-bond donors (Lipinski definition) is 0. The van der Waals surface area contributed by atoms with Crippen molar-refractivity contribution in [1.82, 2.24) is 9.80 Å². The summed E-state index contributed by atoms with van der Waals surface area (Å²) >= 11 is 0. The quantitative estimate of drug-likeness (QED) is 0.672. The SMILES string of the molecule is CCCCC12CN3CC(C)(CN(C1)C3c1ccc(OCc3ccccc3)cc1)C2=O. The van der Waals surface area contributed by atoms with Gasteiger partial charge in [0.2, 0.25) is 0 Å². The van der Waals surface area contributed by atoms with Crippen molar-refractivity contribution in [3.8, 4) is 5.75 Å². The molecule has 4 heteroatoms. The van der Waals surface area contributed by atoms with Gasteiger partial charge in [-0.15, -0.1) is 0 Å². The van der Waals surface area contributed by atoms with Gasteiger partial charge in [0.1, 0.15) is 18.1 Å². The number of Topliss-reactive ketones (excluding diaryl/α,β-unsaturated/α-hetero) is 1. The van der Waals surface area contributed by atoms with Gasteiger partial charge in [-0.1, -0.05) is 69.2 Å². The van der Waals surface area contributed by atoms with Gasteiger partial charge in [0.05, 0.1) is 17.0 Å². The Morgan fingerprint density at radius 2 is 1.63 bits per heavy atom. The Morgan fingerprint density at radius 3 is 2.27 bits per heavy atom. The number of carbonyl (C=O) groups is 1. The second-order valence-electron chi connectivity index (χ2n) is 9.80. The summed E-state index contributed by atoms with van der Waals surface area (Å²) in [5.41, 5.74) is 2.12. The first-order valence-electron chi connectivity index (χ1n) is 11.3. The third-order valence-corrected chi connectivity index (χ3v) is 7.27. The molecule has 2 aromatic rings. The van der Waals surface area contributed by atoms with Crippen LogP contribution in [0.1, 0.15) is 50.4 Å². The number of ether oxygens (including phenoxy) is 1. The van der Waals surface area contributed by atoms with Crippen molar-refractivity contribution >= 4 is 5.78 Å². The van der Waals surface area contributed by atoms with Crippen molar-refractivity contribution in [2.45, 2.75) is 45.9 Å². The highest BCUT2D eigenvalue weighted by atomic mass is 16.5. The molecular weight excluding hydrogens is 372 g/mol. The molecule has 0 amide bonds. The van der Waals surface area contributed by atoms with E-state index in [0.717, 1.165) is 51.2 Å². The Kier molecular flexibility index (Phi) is 4.95. The van der Waals surface area contributed by atoms with E-state index < -0.39 is 0 Å². The van der Waals surface area contributed by atoms with Crippen LogP contribution in [0, 0.1) is 10.8 Å². The van der Waals surface area contributed by atoms with Gasteiger partial charge >= 0.3 is 0 Å². The lowest BCUT2D eigenvalue weighted by Gasteiger charge is -2.65. The lowest BCUT2D eigenvalue weighted by atomic mass is 9.59. The number of carbonyl (C=O) groups excluding carboxylic acids is 1. The summed E-state index contributed by atoms with van der Waals surface area (Å²) < 4.78 is 5.97. The van der Waals surface area contributed by atoms with Crippen LogP contribution in [0.5, 0.6) is 5.75 Å². The molecule has 0 aromatic heterocycles. The van der Waals surface area contributed by atoms with Crippen molar-refractivity contribution in [3.63, 3.8) is 0 Å². The number of rotatable bonds is 7. The first-order valence-corrected chi connectivity index (χ1v) is 11.3. The molecule has 4 nitrogen and oxygen atoms in total. The molecule has 0 spiro atoms. The first kappa shape index (κ1) is 19.8. The van der Waals surface area contributed by atoms with Crippen molar-refractivity contribution in [2.75, 3.05) is 26.2 Å². The zero-order valence-electron chi connectivity index (χ0n) is 18.1. The summed E-state index contributed by atoms with van der Waals surface area (Å²) in [5, 5.41) is 0. The Morgan fingerprint density at radius 1 is 0.967 bits per heavy atom. The number of unbranched alkanes of at least 4 members (excludes halogenated alkanes) is 1. The molecule has 4 heterocycles. The predicted molar refractivity (Wildman–Crippen MR) is 118 cm³/mol. The largest absolute Gasteiger partial charge is 0.489 e. The van der Waals surface area contributed by atoms with E-state index in [1.54, 1.807) is 0 Å². The summed E-state index contributed by atoms with van der Waals surface area (Å²) in [6.07, 6.45) is 3.61. The molecule has 4 aliphatic heterocycles. The monoisotopic (exact) mass is 404 g/mol. The molecule has 0 radical (unpaired) electrons. The van der Waals surface area contributed by atoms with E-state index in [1.807, 2.05) is 18.2 Å². The van der Waals surface area contributed by atoms with E-state index in [9.17, 15) is 4.79 Å². The summed E-state index contributed by atoms with van der Waals surface area (Å²) in [6.45, 7) is 8.58. The molecule has 0 aliphatic carbocycles. The summed E-state index contributed by atoms with van der Waals surface area (Å²) in [4.78, 5) is 18.4. The zero-order chi connectivity index (χ0) is 20.8. The first-order chi connectivity index (χ1) is 14.5. The van der Waals surface area contributed by atoms with Crippen LogP contribution in [-0.4, -0.2) is 41.8 Å².